The number of benzene rings is 2. The lowest BCUT2D eigenvalue weighted by molar-refractivity contribution is -0.0567. The van der Waals surface area contributed by atoms with Crippen molar-refractivity contribution in [3.63, 3.8) is 0 Å². The van der Waals surface area contributed by atoms with Gasteiger partial charge in [-0.25, -0.2) is 9.07 Å². The fraction of sp³-hybridized carbons (Fsp3) is 0.385. The number of aryl methyl sites for hydroxylation is 2. The molecule has 1 aliphatic carbocycles. The minimum atomic E-state index is -0.440. The Morgan fingerprint density at radius 2 is 1.94 bits per heavy atom. The summed E-state index contributed by atoms with van der Waals surface area (Å²) in [5, 5.41) is 4.76. The fourth-order valence-electron chi connectivity index (χ4n) is 5.69. The van der Waals surface area contributed by atoms with Gasteiger partial charge in [-0.3, -0.25) is 4.79 Å². The largest absolute Gasteiger partial charge is 0.493 e. The van der Waals surface area contributed by atoms with E-state index in [1.807, 2.05) is 19.1 Å². The summed E-state index contributed by atoms with van der Waals surface area (Å²) in [5.74, 6) is 0.409. The van der Waals surface area contributed by atoms with E-state index in [2.05, 4.69) is 29.8 Å². The van der Waals surface area contributed by atoms with Crippen molar-refractivity contribution in [2.24, 2.45) is 5.41 Å². The van der Waals surface area contributed by atoms with Crippen molar-refractivity contribution in [3.05, 3.63) is 76.4 Å². The summed E-state index contributed by atoms with van der Waals surface area (Å²) in [6.45, 7) is 6.08. The van der Waals surface area contributed by atoms with Crippen LogP contribution >= 0.6 is 0 Å². The van der Waals surface area contributed by atoms with Gasteiger partial charge in [-0.15, -0.1) is 0 Å². The van der Waals surface area contributed by atoms with Gasteiger partial charge < -0.3 is 9.64 Å². The van der Waals surface area contributed by atoms with Crippen LogP contribution in [0.4, 0.5) is 4.39 Å². The summed E-state index contributed by atoms with van der Waals surface area (Å²) < 4.78 is 22.1. The third-order valence-corrected chi connectivity index (χ3v) is 7.33. The second kappa shape index (κ2) is 6.92. The molecule has 3 aromatic rings. The molecule has 2 fully saturated rings. The topological polar surface area (TPSA) is 47.4 Å². The van der Waals surface area contributed by atoms with Crippen LogP contribution in [0.5, 0.6) is 5.75 Å². The van der Waals surface area contributed by atoms with Gasteiger partial charge in [-0.05, 0) is 56.5 Å². The predicted octanol–water partition coefficient (Wildman–Crippen LogP) is 4.58. The van der Waals surface area contributed by atoms with E-state index in [1.54, 1.807) is 11.0 Å². The molecule has 5 nitrogen and oxygen atoms in total. The molecule has 1 aromatic heterocycles. The van der Waals surface area contributed by atoms with E-state index in [1.165, 1.54) is 17.3 Å². The van der Waals surface area contributed by atoms with Gasteiger partial charge in [0.2, 0.25) is 0 Å². The third-order valence-electron chi connectivity index (χ3n) is 7.33. The first-order valence-electron chi connectivity index (χ1n) is 11.3. The van der Waals surface area contributed by atoms with Crippen LogP contribution in [0.15, 0.2) is 42.5 Å². The number of carbonyl (C=O) groups excluding carboxylic acids is 1. The van der Waals surface area contributed by atoms with Crippen molar-refractivity contribution in [3.8, 4) is 11.4 Å². The van der Waals surface area contributed by atoms with Crippen LogP contribution in [0.2, 0.25) is 0 Å². The Balaban J connectivity index is 1.16. The Hall–Kier alpha value is -3.15. The lowest BCUT2D eigenvalue weighted by atomic mass is 9.57. The molecule has 0 N–H and O–H groups in total. The highest BCUT2D eigenvalue weighted by Gasteiger charge is 2.54. The number of halogens is 1. The Morgan fingerprint density at radius 1 is 1.16 bits per heavy atom. The van der Waals surface area contributed by atoms with Crippen LogP contribution < -0.4 is 4.74 Å². The van der Waals surface area contributed by atoms with Crippen LogP contribution in [0.25, 0.3) is 5.69 Å². The van der Waals surface area contributed by atoms with Crippen molar-refractivity contribution >= 4 is 5.91 Å². The van der Waals surface area contributed by atoms with E-state index < -0.39 is 5.82 Å². The van der Waals surface area contributed by atoms with Crippen molar-refractivity contribution in [1.29, 1.82) is 0 Å². The molecule has 0 radical (unpaired) electrons. The van der Waals surface area contributed by atoms with Crippen LogP contribution in [0.1, 0.15) is 51.6 Å². The van der Waals surface area contributed by atoms with E-state index >= 15 is 0 Å². The summed E-state index contributed by atoms with van der Waals surface area (Å²) in [5.41, 5.74) is 5.71. The Labute approximate surface area is 186 Å². The molecule has 6 rings (SSSR count). The molecule has 1 spiro atoms. The summed E-state index contributed by atoms with van der Waals surface area (Å²) in [6, 6.07) is 13.5. The smallest absolute Gasteiger partial charge is 0.257 e. The summed E-state index contributed by atoms with van der Waals surface area (Å²) in [6.07, 6.45) is 2.76. The number of fused-ring (bicyclic) bond motifs is 1. The number of aromatic nitrogens is 2. The van der Waals surface area contributed by atoms with E-state index in [9.17, 15) is 9.18 Å². The SMILES string of the molecule is Cc1cc(C2CC3(C2)CN(C(=O)c2cc4c(cc2F)CCO4)C3)n(-c2ccccc2C)n1. The number of ether oxygens (including phenoxy) is 1. The van der Waals surface area contributed by atoms with Crippen molar-refractivity contribution in [2.45, 2.75) is 39.0 Å². The highest BCUT2D eigenvalue weighted by Crippen LogP contribution is 2.56. The molecular weight excluding hydrogens is 405 g/mol. The first-order valence-corrected chi connectivity index (χ1v) is 11.3. The zero-order valence-corrected chi connectivity index (χ0v) is 18.4. The maximum absolute atomic E-state index is 14.5. The molecule has 0 bridgehead atoms. The molecular formula is C26H26FN3O2. The summed E-state index contributed by atoms with van der Waals surface area (Å²) in [7, 11) is 0. The molecule has 32 heavy (non-hydrogen) atoms. The van der Waals surface area contributed by atoms with Gasteiger partial charge in [0.15, 0.2) is 0 Å². The average Bonchev–Trinajstić information content (AvgIpc) is 3.31. The van der Waals surface area contributed by atoms with Gasteiger partial charge in [0.05, 0.1) is 23.6 Å². The van der Waals surface area contributed by atoms with E-state index in [-0.39, 0.29) is 16.9 Å². The average molecular weight is 432 g/mol. The number of amides is 1. The molecule has 2 aliphatic heterocycles. The van der Waals surface area contributed by atoms with Gasteiger partial charge in [0.25, 0.3) is 5.91 Å². The Morgan fingerprint density at radius 3 is 2.72 bits per heavy atom. The van der Waals surface area contributed by atoms with Crippen molar-refractivity contribution in [2.75, 3.05) is 19.7 Å². The summed E-state index contributed by atoms with van der Waals surface area (Å²) >= 11 is 0. The fourth-order valence-corrected chi connectivity index (χ4v) is 5.69. The molecule has 0 unspecified atom stereocenters. The van der Waals surface area contributed by atoms with E-state index in [0.29, 0.717) is 37.8 Å². The van der Waals surface area contributed by atoms with Gasteiger partial charge in [0, 0.05) is 42.1 Å². The number of rotatable bonds is 3. The molecule has 3 aliphatic rings. The van der Waals surface area contributed by atoms with Gasteiger partial charge >= 0.3 is 0 Å². The number of hydrogen-bond acceptors (Lipinski definition) is 3. The maximum Gasteiger partial charge on any atom is 0.257 e. The number of likely N-dealkylation sites (tertiary alicyclic amines) is 1. The minimum absolute atomic E-state index is 0.129. The zero-order valence-electron chi connectivity index (χ0n) is 18.4. The Kier molecular flexibility index (Phi) is 4.23. The zero-order chi connectivity index (χ0) is 22.0. The number of nitrogens with zero attached hydrogens (tertiary/aromatic N) is 3. The molecule has 1 amide bonds. The number of para-hydroxylation sites is 1. The molecule has 1 saturated heterocycles. The Bertz CT molecular complexity index is 1230. The lowest BCUT2D eigenvalue weighted by Gasteiger charge is -2.59. The third kappa shape index (κ3) is 2.96. The summed E-state index contributed by atoms with van der Waals surface area (Å²) in [4.78, 5) is 14.7. The van der Waals surface area contributed by atoms with Gasteiger partial charge in [-0.2, -0.15) is 5.10 Å². The van der Waals surface area contributed by atoms with Crippen molar-refractivity contribution < 1.29 is 13.9 Å². The standard InChI is InChI=1S/C26H26FN3O2/c1-16-5-3-4-6-22(16)30-23(9-17(2)28-30)19-12-26(13-19)14-29(15-26)25(31)20-11-24-18(7-8-32-24)10-21(20)27/h3-6,9-11,19H,7-8,12-15H2,1-2H3. The van der Waals surface area contributed by atoms with Crippen LogP contribution in [0, 0.1) is 25.1 Å². The molecule has 6 heteroatoms. The molecule has 2 aromatic carbocycles. The monoisotopic (exact) mass is 431 g/mol. The minimum Gasteiger partial charge on any atom is -0.493 e. The predicted molar refractivity (Wildman–Crippen MR) is 119 cm³/mol. The van der Waals surface area contributed by atoms with Crippen LogP contribution in [-0.2, 0) is 6.42 Å². The first kappa shape index (κ1) is 19.5. The van der Waals surface area contributed by atoms with E-state index in [4.69, 9.17) is 9.84 Å². The van der Waals surface area contributed by atoms with Crippen LogP contribution in [-0.4, -0.2) is 40.3 Å². The highest BCUT2D eigenvalue weighted by atomic mass is 19.1. The molecule has 0 atom stereocenters. The number of hydrogen-bond donors (Lipinski definition) is 0. The highest BCUT2D eigenvalue weighted by molar-refractivity contribution is 5.95. The van der Waals surface area contributed by atoms with E-state index in [0.717, 1.165) is 29.8 Å². The second-order valence-electron chi connectivity index (χ2n) is 9.71. The maximum atomic E-state index is 14.5. The second-order valence-corrected chi connectivity index (χ2v) is 9.71. The normalized spacial score (nSPS) is 18.8. The van der Waals surface area contributed by atoms with Crippen molar-refractivity contribution in [1.82, 2.24) is 14.7 Å². The quantitative estimate of drug-likeness (QED) is 0.610. The first-order chi connectivity index (χ1) is 15.4. The van der Waals surface area contributed by atoms with Gasteiger partial charge in [-0.1, -0.05) is 18.2 Å². The van der Waals surface area contributed by atoms with Gasteiger partial charge in [0.1, 0.15) is 11.6 Å². The van der Waals surface area contributed by atoms with Crippen LogP contribution in [0.3, 0.4) is 0 Å². The molecule has 164 valence electrons. The lowest BCUT2D eigenvalue weighted by Crippen LogP contribution is -2.63. The molecule has 1 saturated carbocycles. The molecule has 3 heterocycles. The number of carbonyl (C=O) groups is 1.